The lowest BCUT2D eigenvalue weighted by Gasteiger charge is -2.14. The molecule has 0 aliphatic heterocycles. The standard InChI is InChI=1S/C12H17N3O2/c1-7(13)5-9(14)8-3-4-11-10(6-8)15(2)12(16)17-11/h3-4,6-7,9H,5,13-14H2,1-2H3. The van der Waals surface area contributed by atoms with Crippen molar-refractivity contribution in [2.45, 2.75) is 25.4 Å². The van der Waals surface area contributed by atoms with Gasteiger partial charge in [-0.3, -0.25) is 4.57 Å². The summed E-state index contributed by atoms with van der Waals surface area (Å²) in [4.78, 5) is 11.3. The Labute approximate surface area is 99.0 Å². The van der Waals surface area contributed by atoms with Gasteiger partial charge in [-0.25, -0.2) is 4.79 Å². The van der Waals surface area contributed by atoms with E-state index in [1.165, 1.54) is 4.57 Å². The van der Waals surface area contributed by atoms with E-state index < -0.39 is 0 Å². The van der Waals surface area contributed by atoms with Crippen LogP contribution in [0.15, 0.2) is 27.4 Å². The average molecular weight is 235 g/mol. The fourth-order valence-corrected chi connectivity index (χ4v) is 1.91. The van der Waals surface area contributed by atoms with Gasteiger partial charge in [-0.2, -0.15) is 0 Å². The second-order valence-electron chi connectivity index (χ2n) is 4.47. The number of oxazole rings is 1. The number of nitrogens with zero attached hydrogens (tertiary/aromatic N) is 1. The molecule has 0 aliphatic carbocycles. The molecule has 2 atom stereocenters. The van der Waals surface area contributed by atoms with E-state index in [4.69, 9.17) is 15.9 Å². The van der Waals surface area contributed by atoms with Crippen LogP contribution in [0.25, 0.3) is 11.1 Å². The topological polar surface area (TPSA) is 87.2 Å². The maximum absolute atomic E-state index is 11.3. The SMILES string of the molecule is CC(N)CC(N)c1ccc2oc(=O)n(C)c2c1. The van der Waals surface area contributed by atoms with Crippen molar-refractivity contribution >= 4 is 11.1 Å². The van der Waals surface area contributed by atoms with E-state index >= 15 is 0 Å². The molecule has 5 nitrogen and oxygen atoms in total. The van der Waals surface area contributed by atoms with E-state index in [1.54, 1.807) is 13.1 Å². The molecule has 2 aromatic rings. The molecule has 0 radical (unpaired) electrons. The van der Waals surface area contributed by atoms with Gasteiger partial charge in [0.1, 0.15) is 0 Å². The Hall–Kier alpha value is -1.59. The predicted octanol–water partition coefficient (Wildman–Crippen LogP) is 0.869. The molecule has 0 fully saturated rings. The lowest BCUT2D eigenvalue weighted by atomic mass is 10.0. The van der Waals surface area contributed by atoms with Crippen LogP contribution < -0.4 is 17.2 Å². The van der Waals surface area contributed by atoms with Gasteiger partial charge in [0.05, 0.1) is 5.52 Å². The molecule has 1 heterocycles. The molecule has 0 aliphatic rings. The fraction of sp³-hybridized carbons (Fsp3) is 0.417. The lowest BCUT2D eigenvalue weighted by Crippen LogP contribution is -2.23. The van der Waals surface area contributed by atoms with Gasteiger partial charge in [0.15, 0.2) is 5.58 Å². The largest absolute Gasteiger partial charge is 0.419 e. The number of aryl methyl sites for hydroxylation is 1. The molecule has 17 heavy (non-hydrogen) atoms. The molecular formula is C12H17N3O2. The van der Waals surface area contributed by atoms with Crippen LogP contribution in [0.2, 0.25) is 0 Å². The number of hydrogen-bond donors (Lipinski definition) is 2. The van der Waals surface area contributed by atoms with Crippen LogP contribution in [-0.2, 0) is 7.05 Å². The highest BCUT2D eigenvalue weighted by molar-refractivity contribution is 5.73. The van der Waals surface area contributed by atoms with Crippen molar-refractivity contribution in [1.29, 1.82) is 0 Å². The maximum atomic E-state index is 11.3. The molecule has 0 bridgehead atoms. The van der Waals surface area contributed by atoms with Crippen molar-refractivity contribution < 1.29 is 4.42 Å². The molecule has 1 aromatic heterocycles. The summed E-state index contributed by atoms with van der Waals surface area (Å²) in [6.45, 7) is 1.92. The van der Waals surface area contributed by atoms with Gasteiger partial charge in [-0.05, 0) is 31.0 Å². The van der Waals surface area contributed by atoms with Crippen LogP contribution in [0.3, 0.4) is 0 Å². The van der Waals surface area contributed by atoms with E-state index in [-0.39, 0.29) is 17.8 Å². The summed E-state index contributed by atoms with van der Waals surface area (Å²) >= 11 is 0. The maximum Gasteiger partial charge on any atom is 0.419 e. The van der Waals surface area contributed by atoms with Crippen LogP contribution in [0, 0.1) is 0 Å². The summed E-state index contributed by atoms with van der Waals surface area (Å²) in [5.41, 5.74) is 14.1. The summed E-state index contributed by atoms with van der Waals surface area (Å²) in [5, 5.41) is 0. The number of rotatable bonds is 3. The molecular weight excluding hydrogens is 218 g/mol. The van der Waals surface area contributed by atoms with Gasteiger partial charge < -0.3 is 15.9 Å². The third kappa shape index (κ3) is 2.25. The van der Waals surface area contributed by atoms with Crippen molar-refractivity contribution in [2.24, 2.45) is 18.5 Å². The number of hydrogen-bond acceptors (Lipinski definition) is 4. The molecule has 5 heteroatoms. The van der Waals surface area contributed by atoms with Gasteiger partial charge in [-0.15, -0.1) is 0 Å². The summed E-state index contributed by atoms with van der Waals surface area (Å²) in [6, 6.07) is 5.46. The zero-order valence-electron chi connectivity index (χ0n) is 10.0. The first kappa shape index (κ1) is 11.9. The van der Waals surface area contributed by atoms with E-state index in [9.17, 15) is 4.79 Å². The van der Waals surface area contributed by atoms with Gasteiger partial charge in [0, 0.05) is 19.1 Å². The number of fused-ring (bicyclic) bond motifs is 1. The van der Waals surface area contributed by atoms with Gasteiger partial charge in [-0.1, -0.05) is 6.07 Å². The van der Waals surface area contributed by atoms with Crippen LogP contribution in [-0.4, -0.2) is 10.6 Å². The summed E-state index contributed by atoms with van der Waals surface area (Å²) < 4.78 is 6.53. The molecule has 1 aromatic carbocycles. The molecule has 92 valence electrons. The third-order valence-electron chi connectivity index (χ3n) is 2.87. The molecule has 2 unspecified atom stereocenters. The first-order valence-electron chi connectivity index (χ1n) is 5.59. The highest BCUT2D eigenvalue weighted by Gasteiger charge is 2.12. The van der Waals surface area contributed by atoms with E-state index in [0.717, 1.165) is 11.1 Å². The minimum atomic E-state index is -0.363. The van der Waals surface area contributed by atoms with Crippen LogP contribution >= 0.6 is 0 Å². The third-order valence-corrected chi connectivity index (χ3v) is 2.87. The Morgan fingerprint density at radius 2 is 2.12 bits per heavy atom. The first-order valence-corrected chi connectivity index (χ1v) is 5.59. The molecule has 0 amide bonds. The summed E-state index contributed by atoms with van der Waals surface area (Å²) in [6.07, 6.45) is 0.706. The van der Waals surface area contributed by atoms with Gasteiger partial charge in [0.25, 0.3) is 0 Å². The number of nitrogens with two attached hydrogens (primary N) is 2. The monoisotopic (exact) mass is 235 g/mol. The van der Waals surface area contributed by atoms with E-state index in [0.29, 0.717) is 12.0 Å². The zero-order chi connectivity index (χ0) is 12.6. The smallest absolute Gasteiger partial charge is 0.408 e. The van der Waals surface area contributed by atoms with E-state index in [1.807, 2.05) is 19.1 Å². The van der Waals surface area contributed by atoms with Crippen LogP contribution in [0.1, 0.15) is 24.9 Å². The van der Waals surface area contributed by atoms with Crippen LogP contribution in [0.4, 0.5) is 0 Å². The predicted molar refractivity (Wildman–Crippen MR) is 66.6 cm³/mol. The molecule has 2 rings (SSSR count). The van der Waals surface area contributed by atoms with Crippen LogP contribution in [0.5, 0.6) is 0 Å². The minimum absolute atomic E-state index is 0.0499. The second kappa shape index (κ2) is 4.35. The molecule has 4 N–H and O–H groups in total. The number of aromatic nitrogens is 1. The normalized spacial score (nSPS) is 15.1. The second-order valence-corrected chi connectivity index (χ2v) is 4.47. The average Bonchev–Trinajstić information content (AvgIpc) is 2.54. The van der Waals surface area contributed by atoms with Crippen molar-refractivity contribution in [2.75, 3.05) is 0 Å². The Bertz CT molecular complexity index is 583. The van der Waals surface area contributed by atoms with E-state index in [2.05, 4.69) is 0 Å². The summed E-state index contributed by atoms with van der Waals surface area (Å²) in [5.74, 6) is -0.363. The lowest BCUT2D eigenvalue weighted by molar-refractivity contribution is 0.528. The first-order chi connectivity index (χ1) is 7.99. The van der Waals surface area contributed by atoms with Gasteiger partial charge >= 0.3 is 5.76 Å². The quantitative estimate of drug-likeness (QED) is 0.826. The van der Waals surface area contributed by atoms with Crippen molar-refractivity contribution in [1.82, 2.24) is 4.57 Å². The Kier molecular flexibility index (Phi) is 3.04. The van der Waals surface area contributed by atoms with Crippen molar-refractivity contribution in [3.63, 3.8) is 0 Å². The highest BCUT2D eigenvalue weighted by Crippen LogP contribution is 2.20. The zero-order valence-corrected chi connectivity index (χ0v) is 10.0. The Balaban J connectivity index is 2.43. The molecule has 0 saturated heterocycles. The molecule has 0 saturated carbocycles. The fourth-order valence-electron chi connectivity index (χ4n) is 1.91. The number of benzene rings is 1. The van der Waals surface area contributed by atoms with Crippen molar-refractivity contribution in [3.8, 4) is 0 Å². The Morgan fingerprint density at radius 1 is 1.41 bits per heavy atom. The van der Waals surface area contributed by atoms with Gasteiger partial charge in [0.2, 0.25) is 0 Å². The van der Waals surface area contributed by atoms with Crippen molar-refractivity contribution in [3.05, 3.63) is 34.3 Å². The highest BCUT2D eigenvalue weighted by atomic mass is 16.4. The minimum Gasteiger partial charge on any atom is -0.408 e. The molecule has 0 spiro atoms. The summed E-state index contributed by atoms with van der Waals surface area (Å²) in [7, 11) is 1.68. The Morgan fingerprint density at radius 3 is 2.76 bits per heavy atom.